The Hall–Kier alpha value is -2.15. The molecule has 7 nitrogen and oxygen atoms in total. The number of hydrogen-bond donors (Lipinski definition) is 3. The van der Waals surface area contributed by atoms with Crippen LogP contribution < -0.4 is 5.73 Å². The van der Waals surface area contributed by atoms with Crippen LogP contribution in [0, 0.1) is 0 Å². The first kappa shape index (κ1) is 14.3. The number of amidine groups is 1. The van der Waals surface area contributed by atoms with Gasteiger partial charge in [0.15, 0.2) is 5.84 Å². The summed E-state index contributed by atoms with van der Waals surface area (Å²) in [5.41, 5.74) is 5.49. The number of pyridine rings is 1. The lowest BCUT2D eigenvalue weighted by atomic mass is 9.94. The molecule has 0 atom stereocenters. The van der Waals surface area contributed by atoms with Gasteiger partial charge in [-0.25, -0.2) is 0 Å². The maximum absolute atomic E-state index is 12.2. The number of piperidine rings is 1. The van der Waals surface area contributed by atoms with Crippen LogP contribution in [0.15, 0.2) is 23.5 Å². The van der Waals surface area contributed by atoms with Crippen LogP contribution in [0.2, 0.25) is 0 Å². The lowest BCUT2D eigenvalue weighted by molar-refractivity contribution is -0.00219. The molecule has 1 amide bonds. The van der Waals surface area contributed by atoms with E-state index in [0.717, 1.165) is 0 Å². The van der Waals surface area contributed by atoms with E-state index in [9.17, 15) is 9.90 Å². The van der Waals surface area contributed by atoms with Gasteiger partial charge in [0.05, 0.1) is 5.60 Å². The van der Waals surface area contributed by atoms with E-state index >= 15 is 0 Å². The molecule has 20 heavy (non-hydrogen) atoms. The zero-order chi connectivity index (χ0) is 14.8. The van der Waals surface area contributed by atoms with Gasteiger partial charge in [0, 0.05) is 24.8 Å². The van der Waals surface area contributed by atoms with Crippen molar-refractivity contribution in [2.24, 2.45) is 10.9 Å². The normalized spacial score (nSPS) is 18.9. The monoisotopic (exact) mass is 278 g/mol. The summed E-state index contributed by atoms with van der Waals surface area (Å²) < 4.78 is 0. The second-order valence-electron chi connectivity index (χ2n) is 5.21. The van der Waals surface area contributed by atoms with E-state index in [2.05, 4.69) is 10.1 Å². The van der Waals surface area contributed by atoms with Gasteiger partial charge in [0.1, 0.15) is 5.69 Å². The first-order chi connectivity index (χ1) is 9.43. The van der Waals surface area contributed by atoms with Gasteiger partial charge >= 0.3 is 0 Å². The van der Waals surface area contributed by atoms with Crippen LogP contribution >= 0.6 is 0 Å². The van der Waals surface area contributed by atoms with Crippen LogP contribution in [0.4, 0.5) is 0 Å². The van der Waals surface area contributed by atoms with Crippen LogP contribution in [-0.4, -0.2) is 50.6 Å². The summed E-state index contributed by atoms with van der Waals surface area (Å²) in [5.74, 6) is -0.225. The van der Waals surface area contributed by atoms with Gasteiger partial charge in [-0.3, -0.25) is 9.78 Å². The number of carbonyl (C=O) groups is 1. The van der Waals surface area contributed by atoms with E-state index in [0.29, 0.717) is 37.2 Å². The quantitative estimate of drug-likeness (QED) is 0.309. The van der Waals surface area contributed by atoms with Crippen molar-refractivity contribution in [2.45, 2.75) is 25.4 Å². The fourth-order valence-corrected chi connectivity index (χ4v) is 2.08. The zero-order valence-corrected chi connectivity index (χ0v) is 11.3. The number of aromatic nitrogens is 1. The minimum Gasteiger partial charge on any atom is -0.409 e. The highest BCUT2D eigenvalue weighted by Crippen LogP contribution is 2.22. The molecule has 1 saturated heterocycles. The van der Waals surface area contributed by atoms with E-state index in [-0.39, 0.29) is 11.7 Å². The minimum absolute atomic E-state index is 0.0504. The molecule has 0 spiro atoms. The molecule has 0 aromatic carbocycles. The summed E-state index contributed by atoms with van der Waals surface area (Å²) in [5, 5.41) is 21.3. The molecule has 7 heteroatoms. The van der Waals surface area contributed by atoms with E-state index in [1.807, 2.05) is 0 Å². The first-order valence-corrected chi connectivity index (χ1v) is 6.38. The van der Waals surface area contributed by atoms with Crippen molar-refractivity contribution < 1.29 is 15.1 Å². The number of amides is 1. The lowest BCUT2D eigenvalue weighted by Crippen LogP contribution is -2.45. The Kier molecular flexibility index (Phi) is 3.89. The molecule has 1 fully saturated rings. The average molecular weight is 278 g/mol. The summed E-state index contributed by atoms with van der Waals surface area (Å²) in [4.78, 5) is 17.9. The fourth-order valence-electron chi connectivity index (χ4n) is 2.08. The number of nitrogens with zero attached hydrogens (tertiary/aromatic N) is 3. The Morgan fingerprint density at radius 1 is 1.45 bits per heavy atom. The lowest BCUT2D eigenvalue weighted by Gasteiger charge is -2.35. The van der Waals surface area contributed by atoms with Crippen LogP contribution in [0.25, 0.3) is 0 Å². The SMILES string of the molecule is CC1(O)CCN(C(=O)c2ccc(/C(N)=N/O)cn2)CC1. The van der Waals surface area contributed by atoms with E-state index in [1.54, 1.807) is 24.0 Å². The highest BCUT2D eigenvalue weighted by Gasteiger charge is 2.30. The summed E-state index contributed by atoms with van der Waals surface area (Å²) >= 11 is 0. The van der Waals surface area contributed by atoms with Crippen molar-refractivity contribution in [3.63, 3.8) is 0 Å². The molecule has 1 aromatic rings. The van der Waals surface area contributed by atoms with Crippen LogP contribution in [0.3, 0.4) is 0 Å². The fraction of sp³-hybridized carbons (Fsp3) is 0.462. The maximum Gasteiger partial charge on any atom is 0.272 e. The predicted molar refractivity (Wildman–Crippen MR) is 72.5 cm³/mol. The number of likely N-dealkylation sites (tertiary alicyclic amines) is 1. The molecule has 1 aliphatic heterocycles. The molecule has 0 saturated carbocycles. The number of hydrogen-bond acceptors (Lipinski definition) is 5. The van der Waals surface area contributed by atoms with Crippen molar-refractivity contribution >= 4 is 11.7 Å². The molecular formula is C13H18N4O3. The Morgan fingerprint density at radius 2 is 2.10 bits per heavy atom. The Labute approximate surface area is 116 Å². The number of oxime groups is 1. The smallest absolute Gasteiger partial charge is 0.272 e. The number of aliphatic hydroxyl groups is 1. The molecule has 0 aliphatic carbocycles. The largest absolute Gasteiger partial charge is 0.409 e. The third kappa shape index (κ3) is 3.05. The van der Waals surface area contributed by atoms with Gasteiger partial charge in [0.2, 0.25) is 0 Å². The Bertz CT molecular complexity index is 515. The molecule has 0 bridgehead atoms. The van der Waals surface area contributed by atoms with Crippen LogP contribution in [-0.2, 0) is 0 Å². The van der Waals surface area contributed by atoms with E-state index < -0.39 is 5.60 Å². The van der Waals surface area contributed by atoms with Crippen molar-refractivity contribution in [3.8, 4) is 0 Å². The van der Waals surface area contributed by atoms with Gasteiger partial charge in [-0.05, 0) is 31.9 Å². The second kappa shape index (κ2) is 5.46. The molecule has 1 aromatic heterocycles. The van der Waals surface area contributed by atoms with Crippen molar-refractivity contribution in [2.75, 3.05) is 13.1 Å². The number of carbonyl (C=O) groups excluding carboxylic acids is 1. The molecule has 2 rings (SSSR count). The highest BCUT2D eigenvalue weighted by molar-refractivity contribution is 5.98. The summed E-state index contributed by atoms with van der Waals surface area (Å²) in [7, 11) is 0. The summed E-state index contributed by atoms with van der Waals surface area (Å²) in [6.07, 6.45) is 2.50. The molecule has 108 valence electrons. The van der Waals surface area contributed by atoms with Crippen molar-refractivity contribution in [1.29, 1.82) is 0 Å². The number of nitrogens with two attached hydrogens (primary N) is 1. The van der Waals surface area contributed by atoms with Crippen LogP contribution in [0.1, 0.15) is 35.8 Å². The Morgan fingerprint density at radius 3 is 2.60 bits per heavy atom. The molecule has 4 N–H and O–H groups in total. The van der Waals surface area contributed by atoms with Gasteiger partial charge < -0.3 is 20.9 Å². The topological polar surface area (TPSA) is 112 Å². The highest BCUT2D eigenvalue weighted by atomic mass is 16.4. The molecule has 0 radical (unpaired) electrons. The third-order valence-corrected chi connectivity index (χ3v) is 3.51. The predicted octanol–water partition coefficient (Wildman–Crippen LogP) is 0.163. The van der Waals surface area contributed by atoms with Gasteiger partial charge in [-0.2, -0.15) is 0 Å². The Balaban J connectivity index is 2.07. The molecule has 2 heterocycles. The summed E-state index contributed by atoms with van der Waals surface area (Å²) in [6.45, 7) is 2.80. The molecular weight excluding hydrogens is 260 g/mol. The van der Waals surface area contributed by atoms with Crippen molar-refractivity contribution in [3.05, 3.63) is 29.6 Å². The van der Waals surface area contributed by atoms with Crippen LogP contribution in [0.5, 0.6) is 0 Å². The standard InChI is InChI=1S/C13H18N4O3/c1-13(19)4-6-17(7-5-13)12(18)10-3-2-9(8-15-10)11(14)16-20/h2-3,8,19-20H,4-7H2,1H3,(H2,14,16). The second-order valence-corrected chi connectivity index (χ2v) is 5.21. The van der Waals surface area contributed by atoms with Gasteiger partial charge in [-0.1, -0.05) is 5.16 Å². The average Bonchev–Trinajstić information content (AvgIpc) is 2.46. The molecule has 0 unspecified atom stereocenters. The third-order valence-electron chi connectivity index (χ3n) is 3.51. The minimum atomic E-state index is -0.694. The van der Waals surface area contributed by atoms with Gasteiger partial charge in [0.25, 0.3) is 5.91 Å². The summed E-state index contributed by atoms with van der Waals surface area (Å²) in [6, 6.07) is 3.12. The van der Waals surface area contributed by atoms with E-state index in [4.69, 9.17) is 10.9 Å². The molecule has 1 aliphatic rings. The van der Waals surface area contributed by atoms with Gasteiger partial charge in [-0.15, -0.1) is 0 Å². The first-order valence-electron chi connectivity index (χ1n) is 6.38. The van der Waals surface area contributed by atoms with Crippen molar-refractivity contribution in [1.82, 2.24) is 9.88 Å². The number of rotatable bonds is 2. The zero-order valence-electron chi connectivity index (χ0n) is 11.3. The maximum atomic E-state index is 12.2. The van der Waals surface area contributed by atoms with E-state index in [1.165, 1.54) is 6.20 Å².